The fourth-order valence-electron chi connectivity index (χ4n) is 2.70. The van der Waals surface area contributed by atoms with E-state index in [9.17, 15) is 15.2 Å². The number of imidazole rings is 1. The van der Waals surface area contributed by atoms with Gasteiger partial charge in [0, 0.05) is 14.0 Å². The molecule has 2 heterocycles. The molecular weight excluding hydrogens is 236 g/mol. The van der Waals surface area contributed by atoms with Crippen molar-refractivity contribution in [2.24, 2.45) is 13.0 Å². The van der Waals surface area contributed by atoms with E-state index in [2.05, 4.69) is 4.98 Å². The first kappa shape index (κ1) is 11.5. The average Bonchev–Trinajstić information content (AvgIpc) is 3.04. The predicted octanol–water partition coefficient (Wildman–Crippen LogP) is 0.598. The zero-order valence-corrected chi connectivity index (χ0v) is 10.5. The van der Waals surface area contributed by atoms with Crippen LogP contribution < -0.4 is 4.90 Å². The van der Waals surface area contributed by atoms with E-state index in [0.717, 1.165) is 12.8 Å². The summed E-state index contributed by atoms with van der Waals surface area (Å²) in [6.45, 7) is 2.68. The lowest BCUT2D eigenvalue weighted by atomic mass is 9.89. The van der Waals surface area contributed by atoms with Crippen LogP contribution in [0.5, 0.6) is 0 Å². The largest absolute Gasteiger partial charge is 0.406 e. The van der Waals surface area contributed by atoms with Gasteiger partial charge in [-0.15, -0.1) is 0 Å². The predicted molar refractivity (Wildman–Crippen MR) is 64.5 cm³/mol. The first-order valence-electron chi connectivity index (χ1n) is 6.07. The molecule has 0 radical (unpaired) electrons. The first-order chi connectivity index (χ1) is 8.42. The maximum Gasteiger partial charge on any atom is 0.406 e. The minimum absolute atomic E-state index is 0.118. The number of anilines is 1. The summed E-state index contributed by atoms with van der Waals surface area (Å²) in [7, 11) is 1.76. The first-order valence-corrected chi connectivity index (χ1v) is 6.07. The van der Waals surface area contributed by atoms with Crippen LogP contribution >= 0.6 is 0 Å². The Morgan fingerprint density at radius 2 is 2.11 bits per heavy atom. The van der Waals surface area contributed by atoms with Crippen LogP contribution in [0.2, 0.25) is 0 Å². The second-order valence-electron chi connectivity index (χ2n) is 5.36. The second-order valence-corrected chi connectivity index (χ2v) is 5.36. The van der Waals surface area contributed by atoms with Crippen molar-refractivity contribution in [2.45, 2.75) is 25.4 Å². The van der Waals surface area contributed by atoms with E-state index in [1.807, 2.05) is 4.90 Å². The third-order valence-corrected chi connectivity index (χ3v) is 4.01. The Morgan fingerprint density at radius 1 is 1.50 bits per heavy atom. The van der Waals surface area contributed by atoms with E-state index in [1.54, 1.807) is 18.5 Å². The van der Waals surface area contributed by atoms with Gasteiger partial charge in [0.15, 0.2) is 0 Å². The number of nitro groups is 1. The molecule has 1 aromatic rings. The van der Waals surface area contributed by atoms with Gasteiger partial charge in [0.1, 0.15) is 5.60 Å². The summed E-state index contributed by atoms with van der Waals surface area (Å²) in [6, 6.07) is 0. The molecule has 2 aliphatic rings. The average molecular weight is 252 g/mol. The molecule has 0 unspecified atom stereocenters. The molecule has 0 bridgehead atoms. The molecular formula is C11H16N4O3. The summed E-state index contributed by atoms with van der Waals surface area (Å²) in [5.41, 5.74) is -0.647. The Balaban J connectivity index is 1.87. The molecule has 3 rings (SSSR count). The molecule has 1 aliphatic carbocycles. The van der Waals surface area contributed by atoms with Crippen LogP contribution in [0, 0.1) is 23.0 Å². The molecule has 7 heteroatoms. The van der Waals surface area contributed by atoms with Crippen LogP contribution in [0.3, 0.4) is 0 Å². The Hall–Kier alpha value is -1.63. The van der Waals surface area contributed by atoms with E-state index in [1.165, 1.54) is 0 Å². The van der Waals surface area contributed by atoms with Crippen LogP contribution in [0.15, 0.2) is 0 Å². The lowest BCUT2D eigenvalue weighted by Gasteiger charge is -2.47. The van der Waals surface area contributed by atoms with E-state index in [0.29, 0.717) is 30.6 Å². The topological polar surface area (TPSA) is 84.4 Å². The van der Waals surface area contributed by atoms with Crippen molar-refractivity contribution in [3.8, 4) is 0 Å². The summed E-state index contributed by atoms with van der Waals surface area (Å²) < 4.78 is 1.71. The Bertz CT molecular complexity index is 515. The Kier molecular flexibility index (Phi) is 2.19. The Morgan fingerprint density at radius 3 is 2.61 bits per heavy atom. The maximum atomic E-state index is 11.0. The van der Waals surface area contributed by atoms with Gasteiger partial charge in [0.2, 0.25) is 11.6 Å². The third-order valence-electron chi connectivity index (χ3n) is 4.01. The van der Waals surface area contributed by atoms with E-state index in [-0.39, 0.29) is 5.82 Å². The highest BCUT2D eigenvalue weighted by molar-refractivity contribution is 5.58. The number of β-amino-alcohol motifs (C(OH)–C–C–N with tert-alkyl or cyclic N) is 1. The lowest BCUT2D eigenvalue weighted by molar-refractivity contribution is -0.388. The van der Waals surface area contributed by atoms with Gasteiger partial charge in [0.25, 0.3) is 0 Å². The number of hydrogen-bond donors (Lipinski definition) is 1. The highest BCUT2D eigenvalue weighted by Gasteiger charge is 2.53. The molecule has 1 saturated heterocycles. The molecule has 0 amide bonds. The number of aliphatic hydroxyl groups is 1. The third kappa shape index (κ3) is 1.50. The number of nitrogens with zero attached hydrogens (tertiary/aromatic N) is 4. The van der Waals surface area contributed by atoms with Crippen LogP contribution in [-0.4, -0.2) is 38.3 Å². The van der Waals surface area contributed by atoms with Crippen molar-refractivity contribution in [3.63, 3.8) is 0 Å². The van der Waals surface area contributed by atoms with Crippen molar-refractivity contribution >= 4 is 11.6 Å². The zero-order chi connectivity index (χ0) is 13.1. The van der Waals surface area contributed by atoms with Crippen molar-refractivity contribution in [3.05, 3.63) is 15.9 Å². The minimum atomic E-state index is -0.647. The number of hydrogen-bond acceptors (Lipinski definition) is 5. The van der Waals surface area contributed by atoms with Gasteiger partial charge in [-0.3, -0.25) is 4.57 Å². The van der Waals surface area contributed by atoms with Crippen LogP contribution in [0.1, 0.15) is 18.7 Å². The van der Waals surface area contributed by atoms with Gasteiger partial charge in [-0.1, -0.05) is 0 Å². The standard InChI is InChI=1S/C11H16N4O3/c1-7-12-9(15(17)18)10(13(7)2)14-5-11(16,6-14)8-3-4-8/h8,16H,3-6H2,1-2H3. The maximum absolute atomic E-state index is 11.0. The fraction of sp³-hybridized carbons (Fsp3) is 0.727. The van der Waals surface area contributed by atoms with Gasteiger partial charge in [-0.2, -0.15) is 0 Å². The smallest absolute Gasteiger partial charge is 0.386 e. The number of aryl methyl sites for hydroxylation is 1. The summed E-state index contributed by atoms with van der Waals surface area (Å²) >= 11 is 0. The van der Waals surface area contributed by atoms with Gasteiger partial charge in [-0.05, 0) is 28.7 Å². The van der Waals surface area contributed by atoms with Gasteiger partial charge in [0.05, 0.1) is 13.1 Å². The highest BCUT2D eigenvalue weighted by Crippen LogP contribution is 2.46. The van der Waals surface area contributed by atoms with E-state index < -0.39 is 10.5 Å². The zero-order valence-electron chi connectivity index (χ0n) is 10.5. The van der Waals surface area contributed by atoms with Crippen molar-refractivity contribution < 1.29 is 10.0 Å². The molecule has 0 atom stereocenters. The molecule has 2 fully saturated rings. The lowest BCUT2D eigenvalue weighted by Crippen LogP contribution is -2.63. The normalized spacial score (nSPS) is 21.8. The molecule has 1 aliphatic heterocycles. The quantitative estimate of drug-likeness (QED) is 0.629. The molecule has 98 valence electrons. The number of aromatic nitrogens is 2. The summed E-state index contributed by atoms with van der Waals surface area (Å²) in [4.78, 5) is 16.3. The van der Waals surface area contributed by atoms with Crippen molar-refractivity contribution in [1.82, 2.24) is 9.55 Å². The summed E-state index contributed by atoms with van der Waals surface area (Å²) in [5, 5.41) is 21.2. The van der Waals surface area contributed by atoms with Gasteiger partial charge < -0.3 is 20.1 Å². The number of rotatable bonds is 3. The highest BCUT2D eigenvalue weighted by atomic mass is 16.6. The van der Waals surface area contributed by atoms with Crippen LogP contribution in [0.4, 0.5) is 11.6 Å². The summed E-state index contributed by atoms with van der Waals surface area (Å²) in [5.74, 6) is 1.37. The SMILES string of the molecule is Cc1nc([N+](=O)[O-])c(N2CC(O)(C3CC3)C2)n1C. The van der Waals surface area contributed by atoms with Crippen LogP contribution in [-0.2, 0) is 7.05 Å². The molecule has 1 saturated carbocycles. The molecule has 7 nitrogen and oxygen atoms in total. The fourth-order valence-corrected chi connectivity index (χ4v) is 2.70. The molecule has 0 spiro atoms. The van der Waals surface area contributed by atoms with E-state index >= 15 is 0 Å². The molecule has 0 aromatic carbocycles. The summed E-state index contributed by atoms with van der Waals surface area (Å²) in [6.07, 6.45) is 2.13. The Labute approximate surface area is 104 Å². The van der Waals surface area contributed by atoms with Crippen molar-refractivity contribution in [1.29, 1.82) is 0 Å². The van der Waals surface area contributed by atoms with Crippen LogP contribution in [0.25, 0.3) is 0 Å². The monoisotopic (exact) mass is 252 g/mol. The van der Waals surface area contributed by atoms with Crippen molar-refractivity contribution in [2.75, 3.05) is 18.0 Å². The second kappa shape index (κ2) is 3.44. The molecule has 1 aromatic heterocycles. The molecule has 18 heavy (non-hydrogen) atoms. The molecule has 1 N–H and O–H groups in total. The minimum Gasteiger partial charge on any atom is -0.386 e. The van der Waals surface area contributed by atoms with Gasteiger partial charge >= 0.3 is 5.82 Å². The van der Waals surface area contributed by atoms with Gasteiger partial charge in [-0.25, -0.2) is 0 Å². The van der Waals surface area contributed by atoms with E-state index in [4.69, 9.17) is 0 Å².